The van der Waals surface area contributed by atoms with Crippen molar-refractivity contribution >= 4 is 0 Å². The second-order valence-corrected chi connectivity index (χ2v) is 5.55. The van der Waals surface area contributed by atoms with Crippen LogP contribution in [0.25, 0.3) is 0 Å². The minimum atomic E-state index is 0.302. The monoisotopic (exact) mass is 290 g/mol. The number of aliphatic hydroxyl groups excluding tert-OH is 2. The first kappa shape index (κ1) is 22.1. The van der Waals surface area contributed by atoms with Crippen molar-refractivity contribution in [2.24, 2.45) is 11.8 Å². The van der Waals surface area contributed by atoms with Gasteiger partial charge in [0.1, 0.15) is 0 Å². The van der Waals surface area contributed by atoms with Gasteiger partial charge in [0, 0.05) is 26.3 Å². The van der Waals surface area contributed by atoms with E-state index in [1.165, 1.54) is 0 Å². The van der Waals surface area contributed by atoms with E-state index in [4.69, 9.17) is 10.2 Å². The molecule has 0 saturated heterocycles. The van der Waals surface area contributed by atoms with Gasteiger partial charge in [0.05, 0.1) is 0 Å². The molecule has 124 valence electrons. The molecule has 0 saturated carbocycles. The van der Waals surface area contributed by atoms with Crippen molar-refractivity contribution in [1.82, 2.24) is 9.80 Å². The summed E-state index contributed by atoms with van der Waals surface area (Å²) in [5, 5.41) is 17.5. The summed E-state index contributed by atoms with van der Waals surface area (Å²) in [7, 11) is 0. The second-order valence-electron chi connectivity index (χ2n) is 5.55. The first-order valence-corrected chi connectivity index (χ1v) is 8.15. The van der Waals surface area contributed by atoms with Crippen molar-refractivity contribution in [3.05, 3.63) is 0 Å². The molecule has 4 heteroatoms. The Hall–Kier alpha value is -0.160. The Balaban J connectivity index is 0. The molecule has 0 aromatic carbocycles. The summed E-state index contributed by atoms with van der Waals surface area (Å²) in [5.74, 6) is 0.833. The summed E-state index contributed by atoms with van der Waals surface area (Å²) in [4.78, 5) is 4.64. The molecule has 0 spiro atoms. The molecule has 2 atom stereocenters. The largest absolute Gasteiger partial charge is 0.396 e. The van der Waals surface area contributed by atoms with Crippen LogP contribution in [0.3, 0.4) is 0 Å². The third kappa shape index (κ3) is 12.9. The smallest absolute Gasteiger partial charge is 0.0468 e. The average Bonchev–Trinajstić information content (AvgIpc) is 2.50. The average molecular weight is 290 g/mol. The fourth-order valence-corrected chi connectivity index (χ4v) is 1.96. The first-order chi connectivity index (χ1) is 9.48. The maximum atomic E-state index is 8.75. The molecule has 0 amide bonds. The second kappa shape index (κ2) is 15.2. The Labute approximate surface area is 126 Å². The van der Waals surface area contributed by atoms with Gasteiger partial charge in [-0.25, -0.2) is 0 Å². The summed E-state index contributed by atoms with van der Waals surface area (Å²) in [5.41, 5.74) is 0. The highest BCUT2D eigenvalue weighted by Gasteiger charge is 2.05. The third-order valence-corrected chi connectivity index (χ3v) is 3.55. The van der Waals surface area contributed by atoms with Crippen LogP contribution in [0.1, 0.15) is 41.5 Å². The summed E-state index contributed by atoms with van der Waals surface area (Å²) in [6.45, 7) is 19.7. The van der Waals surface area contributed by atoms with Crippen LogP contribution in [-0.4, -0.2) is 72.5 Å². The molecule has 0 aliphatic rings. The molecule has 2 N–H and O–H groups in total. The standard InChI is InChI=1S/2C8H19NO/c2*1-4-9(5-2)6-8(3)7-10/h2*8,10H,4-7H2,1-3H3. The number of hydrogen-bond acceptors (Lipinski definition) is 4. The van der Waals surface area contributed by atoms with Crippen LogP contribution >= 0.6 is 0 Å². The van der Waals surface area contributed by atoms with E-state index in [1.54, 1.807) is 0 Å². The molecule has 0 fully saturated rings. The highest BCUT2D eigenvalue weighted by Crippen LogP contribution is 1.98. The van der Waals surface area contributed by atoms with Gasteiger partial charge < -0.3 is 20.0 Å². The van der Waals surface area contributed by atoms with Gasteiger partial charge in [-0.05, 0) is 38.0 Å². The Morgan fingerprint density at radius 3 is 1.05 bits per heavy atom. The Morgan fingerprint density at radius 1 is 0.650 bits per heavy atom. The molecule has 2 unspecified atom stereocenters. The molecule has 0 aliphatic carbocycles. The molecule has 20 heavy (non-hydrogen) atoms. The molecular formula is C16H38N2O2. The summed E-state index contributed by atoms with van der Waals surface area (Å²) in [6.07, 6.45) is 0. The molecule has 0 heterocycles. The molecule has 0 rings (SSSR count). The van der Waals surface area contributed by atoms with Crippen LogP contribution in [0, 0.1) is 11.8 Å². The minimum Gasteiger partial charge on any atom is -0.396 e. The predicted molar refractivity (Wildman–Crippen MR) is 88.1 cm³/mol. The van der Waals surface area contributed by atoms with Crippen LogP contribution in [0.4, 0.5) is 0 Å². The van der Waals surface area contributed by atoms with E-state index in [-0.39, 0.29) is 0 Å². The molecule has 0 aromatic heterocycles. The van der Waals surface area contributed by atoms with E-state index in [2.05, 4.69) is 51.3 Å². The van der Waals surface area contributed by atoms with Crippen molar-refractivity contribution in [2.75, 3.05) is 52.5 Å². The van der Waals surface area contributed by atoms with Crippen LogP contribution in [0.15, 0.2) is 0 Å². The fourth-order valence-electron chi connectivity index (χ4n) is 1.96. The van der Waals surface area contributed by atoms with Gasteiger partial charge in [0.15, 0.2) is 0 Å². The molecular weight excluding hydrogens is 252 g/mol. The SMILES string of the molecule is CCN(CC)CC(C)CO.CCN(CC)CC(C)CO. The summed E-state index contributed by atoms with van der Waals surface area (Å²) >= 11 is 0. The lowest BCUT2D eigenvalue weighted by Gasteiger charge is -2.20. The first-order valence-electron chi connectivity index (χ1n) is 8.15. The van der Waals surface area contributed by atoms with Crippen LogP contribution < -0.4 is 0 Å². The van der Waals surface area contributed by atoms with Crippen molar-refractivity contribution in [1.29, 1.82) is 0 Å². The summed E-state index contributed by atoms with van der Waals surface area (Å²) < 4.78 is 0. The van der Waals surface area contributed by atoms with E-state index in [1.807, 2.05) is 0 Å². The van der Waals surface area contributed by atoms with Crippen molar-refractivity contribution < 1.29 is 10.2 Å². The van der Waals surface area contributed by atoms with Gasteiger partial charge in [-0.1, -0.05) is 41.5 Å². The zero-order chi connectivity index (χ0) is 16.0. The van der Waals surface area contributed by atoms with Crippen molar-refractivity contribution in [3.8, 4) is 0 Å². The van der Waals surface area contributed by atoms with Crippen LogP contribution in [-0.2, 0) is 0 Å². The molecule has 0 aliphatic heterocycles. The lowest BCUT2D eigenvalue weighted by atomic mass is 10.2. The van der Waals surface area contributed by atoms with E-state index >= 15 is 0 Å². The minimum absolute atomic E-state index is 0.302. The quantitative estimate of drug-likeness (QED) is 0.645. The van der Waals surface area contributed by atoms with E-state index < -0.39 is 0 Å². The topological polar surface area (TPSA) is 46.9 Å². The van der Waals surface area contributed by atoms with E-state index in [0.717, 1.165) is 39.3 Å². The van der Waals surface area contributed by atoms with E-state index in [0.29, 0.717) is 25.0 Å². The fraction of sp³-hybridized carbons (Fsp3) is 1.00. The summed E-state index contributed by atoms with van der Waals surface area (Å²) in [6, 6.07) is 0. The third-order valence-electron chi connectivity index (χ3n) is 3.55. The zero-order valence-electron chi connectivity index (χ0n) is 14.6. The highest BCUT2D eigenvalue weighted by atomic mass is 16.3. The molecule has 0 aromatic rings. The Morgan fingerprint density at radius 2 is 0.900 bits per heavy atom. The molecule has 0 radical (unpaired) electrons. The Kier molecular flexibility index (Phi) is 16.9. The van der Waals surface area contributed by atoms with Gasteiger partial charge in [0.25, 0.3) is 0 Å². The molecule has 0 bridgehead atoms. The maximum absolute atomic E-state index is 8.75. The number of nitrogens with zero attached hydrogens (tertiary/aromatic N) is 2. The maximum Gasteiger partial charge on any atom is 0.0468 e. The highest BCUT2D eigenvalue weighted by molar-refractivity contribution is 4.58. The van der Waals surface area contributed by atoms with Gasteiger partial charge in [-0.3, -0.25) is 0 Å². The van der Waals surface area contributed by atoms with Gasteiger partial charge in [-0.2, -0.15) is 0 Å². The predicted octanol–water partition coefficient (Wildman–Crippen LogP) is 1.91. The number of hydrogen-bond donors (Lipinski definition) is 2. The van der Waals surface area contributed by atoms with Gasteiger partial charge in [-0.15, -0.1) is 0 Å². The lowest BCUT2D eigenvalue weighted by molar-refractivity contribution is 0.181. The number of rotatable bonds is 10. The van der Waals surface area contributed by atoms with E-state index in [9.17, 15) is 0 Å². The van der Waals surface area contributed by atoms with Crippen LogP contribution in [0.2, 0.25) is 0 Å². The van der Waals surface area contributed by atoms with Crippen molar-refractivity contribution in [3.63, 3.8) is 0 Å². The van der Waals surface area contributed by atoms with Crippen molar-refractivity contribution in [2.45, 2.75) is 41.5 Å². The van der Waals surface area contributed by atoms with Gasteiger partial charge in [0.2, 0.25) is 0 Å². The normalized spacial score (nSPS) is 14.1. The lowest BCUT2D eigenvalue weighted by Crippen LogP contribution is -2.29. The zero-order valence-corrected chi connectivity index (χ0v) is 14.6. The van der Waals surface area contributed by atoms with Gasteiger partial charge >= 0.3 is 0 Å². The molecule has 4 nitrogen and oxygen atoms in total. The van der Waals surface area contributed by atoms with Crippen LogP contribution in [0.5, 0.6) is 0 Å². The number of aliphatic hydroxyl groups is 2. The Bertz CT molecular complexity index is 163.